The van der Waals surface area contributed by atoms with Crippen LogP contribution in [0.15, 0.2) is 80.6 Å². The molecule has 0 bridgehead atoms. The normalized spacial score (nSPS) is 11.0. The average molecular weight is 555 g/mol. The van der Waals surface area contributed by atoms with Crippen LogP contribution in [0.5, 0.6) is 0 Å². The molecule has 2 N–H and O–H groups in total. The Hall–Kier alpha value is -2.76. The minimum atomic E-state index is -4.08. The molecule has 0 heterocycles. The number of nitrogens with one attached hydrogen (secondary N) is 2. The molecule has 11 heteroatoms. The predicted octanol–water partition coefficient (Wildman–Crippen LogP) is 5.17. The van der Waals surface area contributed by atoms with Crippen LogP contribution >= 0.6 is 31.9 Å². The van der Waals surface area contributed by atoms with E-state index < -0.39 is 20.9 Å². The number of nitro benzene ring substituents is 1. The highest BCUT2D eigenvalue weighted by molar-refractivity contribution is 9.10. The molecule has 0 saturated carbocycles. The van der Waals surface area contributed by atoms with E-state index in [2.05, 4.69) is 41.9 Å². The molecule has 0 unspecified atom stereocenters. The lowest BCUT2D eigenvalue weighted by atomic mass is 10.1. The minimum Gasteiger partial charge on any atom is -0.322 e. The number of benzene rings is 3. The lowest BCUT2D eigenvalue weighted by Gasteiger charge is -2.13. The highest BCUT2D eigenvalue weighted by Crippen LogP contribution is 2.26. The van der Waals surface area contributed by atoms with Crippen LogP contribution in [0.1, 0.15) is 10.4 Å². The molecule has 30 heavy (non-hydrogen) atoms. The average Bonchev–Trinajstić information content (AvgIpc) is 2.71. The molecule has 0 aromatic heterocycles. The maximum absolute atomic E-state index is 12.8. The molecule has 154 valence electrons. The summed E-state index contributed by atoms with van der Waals surface area (Å²) in [5.41, 5.74) is 0.462. The monoisotopic (exact) mass is 553 g/mol. The van der Waals surface area contributed by atoms with Gasteiger partial charge in [-0.1, -0.05) is 31.9 Å². The maximum Gasteiger partial charge on any atom is 0.269 e. The number of amides is 1. The summed E-state index contributed by atoms with van der Waals surface area (Å²) in [6, 6.07) is 15.9. The van der Waals surface area contributed by atoms with Crippen LogP contribution in [0, 0.1) is 10.1 Å². The zero-order valence-corrected chi connectivity index (χ0v) is 19.0. The molecule has 0 saturated heterocycles. The number of halogens is 2. The van der Waals surface area contributed by atoms with Gasteiger partial charge in [-0.25, -0.2) is 8.42 Å². The van der Waals surface area contributed by atoms with Gasteiger partial charge in [-0.15, -0.1) is 0 Å². The van der Waals surface area contributed by atoms with E-state index in [0.29, 0.717) is 10.2 Å². The van der Waals surface area contributed by atoms with Gasteiger partial charge in [-0.3, -0.25) is 19.6 Å². The van der Waals surface area contributed by atoms with Crippen molar-refractivity contribution in [1.29, 1.82) is 0 Å². The fraction of sp³-hybridized carbons (Fsp3) is 0. The molecule has 0 spiro atoms. The van der Waals surface area contributed by atoms with E-state index >= 15 is 0 Å². The van der Waals surface area contributed by atoms with Gasteiger partial charge in [0.2, 0.25) is 0 Å². The summed E-state index contributed by atoms with van der Waals surface area (Å²) < 4.78 is 29.2. The second-order valence-corrected chi connectivity index (χ2v) is 9.52. The van der Waals surface area contributed by atoms with Crippen LogP contribution in [0.2, 0.25) is 0 Å². The van der Waals surface area contributed by atoms with Crippen molar-refractivity contribution in [2.24, 2.45) is 0 Å². The van der Waals surface area contributed by atoms with Crippen LogP contribution in [0.25, 0.3) is 0 Å². The number of hydrogen-bond acceptors (Lipinski definition) is 5. The molecule has 0 aliphatic rings. The van der Waals surface area contributed by atoms with Gasteiger partial charge < -0.3 is 5.32 Å². The Labute approximate surface area is 188 Å². The van der Waals surface area contributed by atoms with E-state index in [9.17, 15) is 23.3 Å². The third-order valence-corrected chi connectivity index (χ3v) is 6.33. The lowest BCUT2D eigenvalue weighted by molar-refractivity contribution is -0.384. The van der Waals surface area contributed by atoms with E-state index in [0.717, 1.165) is 28.7 Å². The number of carbonyl (C=O) groups excluding carboxylic acids is 1. The van der Waals surface area contributed by atoms with Crippen LogP contribution in [0.4, 0.5) is 17.1 Å². The van der Waals surface area contributed by atoms with Crippen molar-refractivity contribution in [3.8, 4) is 0 Å². The molecule has 0 radical (unpaired) electrons. The Morgan fingerprint density at radius 2 is 1.50 bits per heavy atom. The summed E-state index contributed by atoms with van der Waals surface area (Å²) in [4.78, 5) is 22.7. The molecule has 0 aliphatic carbocycles. The number of hydrogen-bond donors (Lipinski definition) is 2. The van der Waals surface area contributed by atoms with Crippen LogP contribution < -0.4 is 10.0 Å². The quantitative estimate of drug-likeness (QED) is 0.322. The van der Waals surface area contributed by atoms with Gasteiger partial charge in [-0.05, 0) is 54.6 Å². The van der Waals surface area contributed by atoms with E-state index in [1.54, 1.807) is 30.3 Å². The molecule has 0 aliphatic heterocycles. The SMILES string of the molecule is O=C(Nc1ccc(Br)cc1)c1cc(Br)ccc1NS(=O)(=O)c1ccc([N+](=O)[O-])cc1. The molecule has 0 fully saturated rings. The zero-order valence-electron chi connectivity index (χ0n) is 15.0. The Morgan fingerprint density at radius 1 is 0.900 bits per heavy atom. The number of rotatable bonds is 6. The van der Waals surface area contributed by atoms with Crippen LogP contribution in [-0.4, -0.2) is 19.2 Å². The number of carbonyl (C=O) groups is 1. The zero-order chi connectivity index (χ0) is 21.9. The van der Waals surface area contributed by atoms with Gasteiger partial charge in [0, 0.05) is 26.8 Å². The van der Waals surface area contributed by atoms with E-state index in [4.69, 9.17) is 0 Å². The van der Waals surface area contributed by atoms with Crippen molar-refractivity contribution < 1.29 is 18.1 Å². The second-order valence-electron chi connectivity index (χ2n) is 6.01. The van der Waals surface area contributed by atoms with Gasteiger partial charge in [0.05, 0.1) is 21.1 Å². The number of nitrogens with zero attached hydrogens (tertiary/aromatic N) is 1. The van der Waals surface area contributed by atoms with E-state index in [1.807, 2.05) is 0 Å². The lowest BCUT2D eigenvalue weighted by Crippen LogP contribution is -2.18. The van der Waals surface area contributed by atoms with Crippen molar-refractivity contribution in [2.75, 3.05) is 10.0 Å². The summed E-state index contributed by atoms with van der Waals surface area (Å²) >= 11 is 6.59. The van der Waals surface area contributed by atoms with Crippen molar-refractivity contribution in [3.05, 3.63) is 91.4 Å². The number of sulfonamides is 1. The standard InChI is InChI=1S/C19H13Br2N3O5S/c20-12-1-4-14(5-2-12)22-19(25)17-11-13(21)3-10-18(17)23-30(28,29)16-8-6-15(7-9-16)24(26)27/h1-11,23H,(H,22,25). The van der Waals surface area contributed by atoms with Crippen molar-refractivity contribution in [3.63, 3.8) is 0 Å². The molecule has 8 nitrogen and oxygen atoms in total. The molecular weight excluding hydrogens is 542 g/mol. The predicted molar refractivity (Wildman–Crippen MR) is 120 cm³/mol. The topological polar surface area (TPSA) is 118 Å². The van der Waals surface area contributed by atoms with Crippen LogP contribution in [0.3, 0.4) is 0 Å². The fourth-order valence-corrected chi connectivity index (χ4v) is 4.18. The van der Waals surface area contributed by atoms with Gasteiger partial charge in [-0.2, -0.15) is 0 Å². The van der Waals surface area contributed by atoms with Crippen LogP contribution in [-0.2, 0) is 10.0 Å². The summed E-state index contributed by atoms with van der Waals surface area (Å²) in [6.45, 7) is 0. The number of anilines is 2. The maximum atomic E-state index is 12.8. The van der Waals surface area contributed by atoms with E-state index in [-0.39, 0.29) is 21.8 Å². The first-order chi connectivity index (χ1) is 14.2. The first kappa shape index (κ1) is 21.9. The third-order valence-electron chi connectivity index (χ3n) is 3.93. The first-order valence-electron chi connectivity index (χ1n) is 8.29. The van der Waals surface area contributed by atoms with Crippen molar-refractivity contribution >= 4 is 64.9 Å². The largest absolute Gasteiger partial charge is 0.322 e. The number of non-ortho nitro benzene ring substituents is 1. The Balaban J connectivity index is 1.89. The minimum absolute atomic E-state index is 0.0613. The van der Waals surface area contributed by atoms with Gasteiger partial charge in [0.15, 0.2) is 0 Å². The van der Waals surface area contributed by atoms with Gasteiger partial charge in [0.1, 0.15) is 0 Å². The summed E-state index contributed by atoms with van der Waals surface area (Å²) in [5.74, 6) is -0.514. The van der Waals surface area contributed by atoms with Crippen molar-refractivity contribution in [1.82, 2.24) is 0 Å². The molecule has 3 aromatic rings. The molecular formula is C19H13Br2N3O5S. The highest BCUT2D eigenvalue weighted by atomic mass is 79.9. The summed E-state index contributed by atoms with van der Waals surface area (Å²) in [7, 11) is -4.08. The Morgan fingerprint density at radius 3 is 2.10 bits per heavy atom. The van der Waals surface area contributed by atoms with Gasteiger partial charge >= 0.3 is 0 Å². The second kappa shape index (κ2) is 8.94. The first-order valence-corrected chi connectivity index (χ1v) is 11.4. The molecule has 0 atom stereocenters. The Bertz CT molecular complexity index is 1210. The van der Waals surface area contributed by atoms with E-state index in [1.165, 1.54) is 12.1 Å². The summed E-state index contributed by atoms with van der Waals surface area (Å²) in [5, 5.41) is 13.5. The number of nitro groups is 1. The summed E-state index contributed by atoms with van der Waals surface area (Å²) in [6.07, 6.45) is 0. The fourth-order valence-electron chi connectivity index (χ4n) is 2.48. The molecule has 1 amide bonds. The highest BCUT2D eigenvalue weighted by Gasteiger charge is 2.20. The molecule has 3 rings (SSSR count). The Kier molecular flexibility index (Phi) is 6.54. The van der Waals surface area contributed by atoms with Crippen molar-refractivity contribution in [2.45, 2.75) is 4.90 Å². The third kappa shape index (κ3) is 5.23. The molecule has 3 aromatic carbocycles. The smallest absolute Gasteiger partial charge is 0.269 e. The van der Waals surface area contributed by atoms with Gasteiger partial charge in [0.25, 0.3) is 21.6 Å².